The molecule has 1 heterocycles. The summed E-state index contributed by atoms with van der Waals surface area (Å²) in [5, 5.41) is 4.26. The van der Waals surface area contributed by atoms with Crippen molar-refractivity contribution < 1.29 is 4.74 Å². The Morgan fingerprint density at radius 2 is 1.95 bits per heavy atom. The fourth-order valence-electron chi connectivity index (χ4n) is 2.23. The number of ether oxygens (including phenoxy) is 1. The Kier molecular flexibility index (Phi) is 3.69. The second-order valence-electron chi connectivity index (χ2n) is 4.43. The van der Waals surface area contributed by atoms with E-state index >= 15 is 0 Å². The van der Waals surface area contributed by atoms with Crippen molar-refractivity contribution >= 4 is 0 Å². The normalized spacial score (nSPS) is 10.5. The molecule has 1 aromatic carbocycles. The van der Waals surface area contributed by atoms with Gasteiger partial charge in [0.25, 0.3) is 5.56 Å². The largest absolute Gasteiger partial charge is 0.494 e. The van der Waals surface area contributed by atoms with Crippen molar-refractivity contribution in [3.05, 3.63) is 45.9 Å². The molecule has 0 N–H and O–H groups in total. The molecule has 0 amide bonds. The number of methoxy groups -OCH3 is 1. The van der Waals surface area contributed by atoms with E-state index in [-0.39, 0.29) is 5.56 Å². The SMILES string of the molecule is CCn1nc(C)c(OC)c(-c2ccccc2C)c1=O. The summed E-state index contributed by atoms with van der Waals surface area (Å²) in [6, 6.07) is 7.80. The maximum absolute atomic E-state index is 12.5. The van der Waals surface area contributed by atoms with Crippen LogP contribution in [-0.2, 0) is 6.54 Å². The molecule has 0 saturated carbocycles. The zero-order valence-corrected chi connectivity index (χ0v) is 11.7. The fraction of sp³-hybridized carbons (Fsp3) is 0.333. The quantitative estimate of drug-likeness (QED) is 0.849. The van der Waals surface area contributed by atoms with E-state index in [4.69, 9.17) is 4.74 Å². The van der Waals surface area contributed by atoms with Crippen molar-refractivity contribution in [2.75, 3.05) is 7.11 Å². The van der Waals surface area contributed by atoms with Crippen LogP contribution in [0.4, 0.5) is 0 Å². The Morgan fingerprint density at radius 1 is 1.26 bits per heavy atom. The van der Waals surface area contributed by atoms with Crippen LogP contribution in [0.15, 0.2) is 29.1 Å². The lowest BCUT2D eigenvalue weighted by Crippen LogP contribution is -2.25. The lowest BCUT2D eigenvalue weighted by molar-refractivity contribution is 0.404. The molecular weight excluding hydrogens is 240 g/mol. The van der Waals surface area contributed by atoms with E-state index in [2.05, 4.69) is 5.10 Å². The lowest BCUT2D eigenvalue weighted by atomic mass is 10.0. The number of hydrogen-bond acceptors (Lipinski definition) is 3. The molecule has 100 valence electrons. The number of nitrogens with zero attached hydrogens (tertiary/aromatic N) is 2. The van der Waals surface area contributed by atoms with Gasteiger partial charge in [-0.25, -0.2) is 4.68 Å². The first-order valence-corrected chi connectivity index (χ1v) is 6.31. The van der Waals surface area contributed by atoms with Crippen LogP contribution >= 0.6 is 0 Å². The van der Waals surface area contributed by atoms with E-state index in [9.17, 15) is 4.79 Å². The summed E-state index contributed by atoms with van der Waals surface area (Å²) in [6.45, 7) is 6.29. The lowest BCUT2D eigenvalue weighted by Gasteiger charge is -2.14. The topological polar surface area (TPSA) is 44.1 Å². The minimum Gasteiger partial charge on any atom is -0.494 e. The van der Waals surface area contributed by atoms with Crippen LogP contribution in [0.3, 0.4) is 0 Å². The molecule has 0 spiro atoms. The Balaban J connectivity index is 2.85. The molecule has 2 aromatic rings. The summed E-state index contributed by atoms with van der Waals surface area (Å²) in [6.07, 6.45) is 0. The predicted molar refractivity (Wildman–Crippen MR) is 75.6 cm³/mol. The van der Waals surface area contributed by atoms with Gasteiger partial charge in [0.15, 0.2) is 5.75 Å². The van der Waals surface area contributed by atoms with Gasteiger partial charge in [-0.2, -0.15) is 5.10 Å². The van der Waals surface area contributed by atoms with E-state index in [1.54, 1.807) is 7.11 Å². The second kappa shape index (κ2) is 5.26. The number of hydrogen-bond donors (Lipinski definition) is 0. The number of benzene rings is 1. The summed E-state index contributed by atoms with van der Waals surface area (Å²) < 4.78 is 6.86. The molecule has 0 radical (unpaired) electrons. The molecule has 0 saturated heterocycles. The zero-order chi connectivity index (χ0) is 14.0. The molecule has 19 heavy (non-hydrogen) atoms. The third-order valence-electron chi connectivity index (χ3n) is 3.19. The van der Waals surface area contributed by atoms with E-state index in [1.807, 2.05) is 45.0 Å². The Hall–Kier alpha value is -2.10. The highest BCUT2D eigenvalue weighted by Crippen LogP contribution is 2.30. The molecular formula is C15H18N2O2. The highest BCUT2D eigenvalue weighted by molar-refractivity contribution is 5.73. The second-order valence-corrected chi connectivity index (χ2v) is 4.43. The van der Waals surface area contributed by atoms with Crippen molar-refractivity contribution in [2.24, 2.45) is 0 Å². The standard InChI is InChI=1S/C15H18N2O2/c1-5-17-15(18)13(14(19-4)11(3)16-17)12-9-7-6-8-10(12)2/h6-9H,5H2,1-4H3. The maximum atomic E-state index is 12.5. The first-order chi connectivity index (χ1) is 9.10. The molecule has 2 rings (SSSR count). The van der Waals surface area contributed by atoms with E-state index in [0.717, 1.165) is 16.8 Å². The number of aryl methyl sites for hydroxylation is 3. The van der Waals surface area contributed by atoms with Crippen molar-refractivity contribution in [1.82, 2.24) is 9.78 Å². The summed E-state index contributed by atoms with van der Waals surface area (Å²) in [5.74, 6) is 0.559. The van der Waals surface area contributed by atoms with Gasteiger partial charge >= 0.3 is 0 Å². The van der Waals surface area contributed by atoms with E-state index in [1.165, 1.54) is 4.68 Å². The van der Waals surface area contributed by atoms with E-state index in [0.29, 0.717) is 17.9 Å². The van der Waals surface area contributed by atoms with Gasteiger partial charge < -0.3 is 4.74 Å². The van der Waals surface area contributed by atoms with Crippen LogP contribution in [0.2, 0.25) is 0 Å². The summed E-state index contributed by atoms with van der Waals surface area (Å²) >= 11 is 0. The third-order valence-corrected chi connectivity index (χ3v) is 3.19. The molecule has 0 fully saturated rings. The van der Waals surface area contributed by atoms with Gasteiger partial charge in [0.05, 0.1) is 12.7 Å². The molecule has 0 aliphatic rings. The first kappa shape index (κ1) is 13.3. The van der Waals surface area contributed by atoms with Gasteiger partial charge in [-0.05, 0) is 31.9 Å². The van der Waals surface area contributed by atoms with Crippen molar-refractivity contribution in [3.63, 3.8) is 0 Å². The van der Waals surface area contributed by atoms with Gasteiger partial charge in [-0.3, -0.25) is 4.79 Å². The molecule has 0 bridgehead atoms. The molecule has 4 nitrogen and oxygen atoms in total. The Labute approximate surface area is 112 Å². The maximum Gasteiger partial charge on any atom is 0.278 e. The van der Waals surface area contributed by atoms with Crippen LogP contribution in [-0.4, -0.2) is 16.9 Å². The highest BCUT2D eigenvalue weighted by Gasteiger charge is 2.18. The zero-order valence-electron chi connectivity index (χ0n) is 11.7. The van der Waals surface area contributed by atoms with Gasteiger partial charge in [-0.1, -0.05) is 24.3 Å². The van der Waals surface area contributed by atoms with Crippen LogP contribution in [0.1, 0.15) is 18.2 Å². The minimum atomic E-state index is -0.112. The first-order valence-electron chi connectivity index (χ1n) is 6.31. The average Bonchev–Trinajstić information content (AvgIpc) is 2.41. The predicted octanol–water partition coefficient (Wildman–Crippen LogP) is 2.56. The van der Waals surface area contributed by atoms with Crippen molar-refractivity contribution in [2.45, 2.75) is 27.3 Å². The van der Waals surface area contributed by atoms with Gasteiger partial charge in [0.2, 0.25) is 0 Å². The molecule has 1 aromatic heterocycles. The molecule has 0 aliphatic carbocycles. The van der Waals surface area contributed by atoms with Gasteiger partial charge in [0, 0.05) is 6.54 Å². The fourth-order valence-corrected chi connectivity index (χ4v) is 2.23. The third kappa shape index (κ3) is 2.26. The monoisotopic (exact) mass is 258 g/mol. The summed E-state index contributed by atoms with van der Waals surface area (Å²) in [4.78, 5) is 12.5. The van der Waals surface area contributed by atoms with Crippen LogP contribution in [0.25, 0.3) is 11.1 Å². The highest BCUT2D eigenvalue weighted by atomic mass is 16.5. The molecule has 0 unspecified atom stereocenters. The average molecular weight is 258 g/mol. The summed E-state index contributed by atoms with van der Waals surface area (Å²) in [5.41, 5.74) is 3.15. The molecule has 0 aliphatic heterocycles. The van der Waals surface area contributed by atoms with Crippen LogP contribution < -0.4 is 10.3 Å². The van der Waals surface area contributed by atoms with Crippen LogP contribution in [0.5, 0.6) is 5.75 Å². The van der Waals surface area contributed by atoms with Crippen molar-refractivity contribution in [3.8, 4) is 16.9 Å². The van der Waals surface area contributed by atoms with Gasteiger partial charge in [0.1, 0.15) is 5.69 Å². The minimum absolute atomic E-state index is 0.112. The molecule has 4 heteroatoms. The van der Waals surface area contributed by atoms with Gasteiger partial charge in [-0.15, -0.1) is 0 Å². The Bertz CT molecular complexity index is 660. The number of aromatic nitrogens is 2. The van der Waals surface area contributed by atoms with Crippen LogP contribution in [0, 0.1) is 13.8 Å². The van der Waals surface area contributed by atoms with E-state index < -0.39 is 0 Å². The number of rotatable bonds is 3. The molecule has 0 atom stereocenters. The van der Waals surface area contributed by atoms with Crippen molar-refractivity contribution in [1.29, 1.82) is 0 Å². The smallest absolute Gasteiger partial charge is 0.278 e. The Morgan fingerprint density at radius 3 is 2.53 bits per heavy atom. The summed E-state index contributed by atoms with van der Waals surface area (Å²) in [7, 11) is 1.57.